The van der Waals surface area contributed by atoms with Crippen LogP contribution >= 0.6 is 0 Å². The van der Waals surface area contributed by atoms with Crippen LogP contribution in [-0.2, 0) is 14.3 Å². The van der Waals surface area contributed by atoms with Crippen LogP contribution in [0.2, 0.25) is 0 Å². The molecular formula is C34H41N3O4. The smallest absolute Gasteiger partial charge is 0.408 e. The highest BCUT2D eigenvalue weighted by Crippen LogP contribution is 2.41. The van der Waals surface area contributed by atoms with E-state index in [9.17, 15) is 14.4 Å². The van der Waals surface area contributed by atoms with Gasteiger partial charge in [-0.25, -0.2) is 4.79 Å². The van der Waals surface area contributed by atoms with Crippen molar-refractivity contribution < 1.29 is 19.1 Å². The molecule has 2 N–H and O–H groups in total. The summed E-state index contributed by atoms with van der Waals surface area (Å²) in [6.45, 7) is 15.0. The Morgan fingerprint density at radius 1 is 1.00 bits per heavy atom. The molecule has 0 aliphatic heterocycles. The Labute approximate surface area is 243 Å². The largest absolute Gasteiger partial charge is 0.444 e. The zero-order valence-electron chi connectivity index (χ0n) is 24.8. The number of amides is 3. The summed E-state index contributed by atoms with van der Waals surface area (Å²) in [5.74, 6) is -0.668. The van der Waals surface area contributed by atoms with Gasteiger partial charge in [0.15, 0.2) is 0 Å². The number of nitrogens with one attached hydrogen (secondary N) is 2. The number of rotatable bonds is 9. The zero-order chi connectivity index (χ0) is 29.9. The monoisotopic (exact) mass is 555 g/mol. The van der Waals surface area contributed by atoms with Crippen LogP contribution in [0.5, 0.6) is 0 Å². The maximum atomic E-state index is 14.4. The van der Waals surface area contributed by atoms with Crippen molar-refractivity contribution in [1.29, 1.82) is 0 Å². The van der Waals surface area contributed by atoms with Gasteiger partial charge in [-0.1, -0.05) is 82.0 Å². The van der Waals surface area contributed by atoms with Gasteiger partial charge in [-0.2, -0.15) is 0 Å². The normalized spacial score (nSPS) is 17.8. The molecule has 0 radical (unpaired) electrons. The molecule has 4 unspecified atom stereocenters. The standard InChI is InChI=1S/C34H41N3O4/c1-8-23-12-11-15-26(19-23)30(31(38)35-27-17-16-24-13-9-10-14-25(24)20-27)37(28-18-22(28)4)32(39)29(21(2)3)36-33(40)41-34(5,6)7/h8-17,19-22,28-30H,1,18H2,2-7H3,(H,35,38)(H,36,40). The first-order valence-electron chi connectivity index (χ1n) is 14.2. The first-order valence-corrected chi connectivity index (χ1v) is 14.2. The lowest BCUT2D eigenvalue weighted by atomic mass is 9.97. The number of carbonyl (C=O) groups excluding carboxylic acids is 3. The predicted molar refractivity (Wildman–Crippen MR) is 164 cm³/mol. The Balaban J connectivity index is 1.73. The van der Waals surface area contributed by atoms with Crippen LogP contribution in [-0.4, -0.2) is 40.5 Å². The molecule has 1 aliphatic rings. The van der Waals surface area contributed by atoms with Gasteiger partial charge < -0.3 is 20.3 Å². The molecule has 0 saturated heterocycles. The van der Waals surface area contributed by atoms with Crippen molar-refractivity contribution in [2.45, 2.75) is 71.7 Å². The van der Waals surface area contributed by atoms with Gasteiger partial charge in [0.05, 0.1) is 0 Å². The fourth-order valence-corrected chi connectivity index (χ4v) is 5.05. The molecule has 0 bridgehead atoms. The molecule has 3 aromatic rings. The first-order chi connectivity index (χ1) is 19.4. The summed E-state index contributed by atoms with van der Waals surface area (Å²) < 4.78 is 5.47. The number of ether oxygens (including phenoxy) is 1. The molecule has 1 fully saturated rings. The second-order valence-corrected chi connectivity index (χ2v) is 12.2. The molecule has 4 rings (SSSR count). The summed E-state index contributed by atoms with van der Waals surface area (Å²) in [6, 6.07) is 19.2. The van der Waals surface area contributed by atoms with E-state index in [1.54, 1.807) is 31.7 Å². The third-order valence-corrected chi connectivity index (χ3v) is 7.29. The minimum Gasteiger partial charge on any atom is -0.444 e. The molecule has 4 atom stereocenters. The fourth-order valence-electron chi connectivity index (χ4n) is 5.05. The van der Waals surface area contributed by atoms with Crippen LogP contribution in [0.25, 0.3) is 16.8 Å². The van der Waals surface area contributed by atoms with E-state index in [-0.39, 0.29) is 29.7 Å². The Bertz CT molecular complexity index is 1440. The van der Waals surface area contributed by atoms with Crippen molar-refractivity contribution in [3.63, 3.8) is 0 Å². The number of hydrogen-bond donors (Lipinski definition) is 2. The topological polar surface area (TPSA) is 87.7 Å². The summed E-state index contributed by atoms with van der Waals surface area (Å²) in [4.78, 5) is 43.0. The van der Waals surface area contributed by atoms with Crippen LogP contribution in [0.3, 0.4) is 0 Å². The SMILES string of the molecule is C=Cc1cccc(C(C(=O)Nc2ccc3ccccc3c2)N(C(=O)C(NC(=O)OC(C)(C)C)C(C)C)C2CC2C)c1. The Hall–Kier alpha value is -4.13. The number of anilines is 1. The average molecular weight is 556 g/mol. The van der Waals surface area contributed by atoms with E-state index in [1.165, 1.54) is 0 Å². The van der Waals surface area contributed by atoms with Gasteiger partial charge in [0, 0.05) is 11.7 Å². The highest BCUT2D eigenvalue weighted by molar-refractivity contribution is 6.00. The number of nitrogens with zero attached hydrogens (tertiary/aromatic N) is 1. The van der Waals surface area contributed by atoms with E-state index in [0.717, 1.165) is 22.8 Å². The summed E-state index contributed by atoms with van der Waals surface area (Å²) in [5.41, 5.74) is 1.44. The van der Waals surface area contributed by atoms with Gasteiger partial charge in [0.2, 0.25) is 5.91 Å². The lowest BCUT2D eigenvalue weighted by Gasteiger charge is -2.36. The lowest BCUT2D eigenvalue weighted by Crippen LogP contribution is -2.55. The summed E-state index contributed by atoms with van der Waals surface area (Å²) in [7, 11) is 0. The van der Waals surface area contributed by atoms with Crippen LogP contribution in [0.1, 0.15) is 65.1 Å². The van der Waals surface area contributed by atoms with E-state index in [4.69, 9.17) is 4.74 Å². The molecule has 0 spiro atoms. The van der Waals surface area contributed by atoms with Crippen LogP contribution in [0.15, 0.2) is 73.3 Å². The predicted octanol–water partition coefficient (Wildman–Crippen LogP) is 6.95. The summed E-state index contributed by atoms with van der Waals surface area (Å²) in [5, 5.41) is 7.93. The molecule has 7 heteroatoms. The Morgan fingerprint density at radius 3 is 2.29 bits per heavy atom. The van der Waals surface area contributed by atoms with Crippen LogP contribution in [0.4, 0.5) is 10.5 Å². The molecule has 41 heavy (non-hydrogen) atoms. The van der Waals surface area contributed by atoms with Crippen molar-refractivity contribution in [3.8, 4) is 0 Å². The van der Waals surface area contributed by atoms with Gasteiger partial charge in [0.1, 0.15) is 17.7 Å². The van der Waals surface area contributed by atoms with Gasteiger partial charge in [0.25, 0.3) is 5.91 Å². The molecule has 3 aromatic carbocycles. The molecule has 216 valence electrons. The van der Waals surface area contributed by atoms with Crippen molar-refractivity contribution in [3.05, 3.63) is 84.4 Å². The van der Waals surface area contributed by atoms with Gasteiger partial charge >= 0.3 is 6.09 Å². The van der Waals surface area contributed by atoms with Crippen LogP contribution in [0, 0.1) is 11.8 Å². The van der Waals surface area contributed by atoms with Gasteiger partial charge in [-0.15, -0.1) is 0 Å². The van der Waals surface area contributed by atoms with E-state index in [1.807, 2.05) is 80.6 Å². The highest BCUT2D eigenvalue weighted by atomic mass is 16.6. The Kier molecular flexibility index (Phi) is 8.86. The molecule has 1 aliphatic carbocycles. The number of carbonyl (C=O) groups is 3. The minimum atomic E-state index is -0.925. The molecule has 3 amide bonds. The van der Waals surface area contributed by atoms with Crippen molar-refractivity contribution in [2.75, 3.05) is 5.32 Å². The summed E-state index contributed by atoms with van der Waals surface area (Å²) in [6.07, 6.45) is 1.82. The maximum Gasteiger partial charge on any atom is 0.408 e. The fraction of sp³-hybridized carbons (Fsp3) is 0.382. The molecular weight excluding hydrogens is 514 g/mol. The highest BCUT2D eigenvalue weighted by Gasteiger charge is 2.48. The average Bonchev–Trinajstić information content (AvgIpc) is 3.64. The Morgan fingerprint density at radius 2 is 1.68 bits per heavy atom. The number of benzene rings is 3. The van der Waals surface area contributed by atoms with Gasteiger partial charge in [-0.05, 0) is 79.1 Å². The van der Waals surface area contributed by atoms with Crippen molar-refractivity contribution in [1.82, 2.24) is 10.2 Å². The second-order valence-electron chi connectivity index (χ2n) is 12.2. The van der Waals surface area contributed by atoms with E-state index in [2.05, 4.69) is 24.1 Å². The first kappa shape index (κ1) is 29.8. The minimum absolute atomic E-state index is 0.149. The number of fused-ring (bicyclic) bond motifs is 1. The van der Waals surface area contributed by atoms with Gasteiger partial charge in [-0.3, -0.25) is 9.59 Å². The van der Waals surface area contributed by atoms with Crippen LogP contribution < -0.4 is 10.6 Å². The number of alkyl carbamates (subject to hydrolysis) is 1. The van der Waals surface area contributed by atoms with E-state index >= 15 is 0 Å². The third kappa shape index (κ3) is 7.34. The zero-order valence-corrected chi connectivity index (χ0v) is 24.8. The van der Waals surface area contributed by atoms with E-state index < -0.39 is 23.8 Å². The second kappa shape index (κ2) is 12.2. The van der Waals surface area contributed by atoms with Crippen molar-refractivity contribution >= 4 is 40.4 Å². The van der Waals surface area contributed by atoms with Crippen molar-refractivity contribution in [2.24, 2.45) is 11.8 Å². The third-order valence-electron chi connectivity index (χ3n) is 7.29. The maximum absolute atomic E-state index is 14.4. The quantitative estimate of drug-likeness (QED) is 0.299. The molecule has 0 aromatic heterocycles. The molecule has 7 nitrogen and oxygen atoms in total. The molecule has 0 heterocycles. The summed E-state index contributed by atoms with van der Waals surface area (Å²) >= 11 is 0. The lowest BCUT2D eigenvalue weighted by molar-refractivity contribution is -0.142. The number of hydrogen-bond acceptors (Lipinski definition) is 4. The molecule has 1 saturated carbocycles. The van der Waals surface area contributed by atoms with E-state index in [0.29, 0.717) is 11.3 Å².